The van der Waals surface area contributed by atoms with Crippen molar-refractivity contribution >= 4 is 35.2 Å². The van der Waals surface area contributed by atoms with Gasteiger partial charge in [-0.1, -0.05) is 36.4 Å². The molecule has 3 rings (SSSR count). The number of thioether (sulfide) groups is 1. The van der Waals surface area contributed by atoms with E-state index in [9.17, 15) is 0 Å². The summed E-state index contributed by atoms with van der Waals surface area (Å²) >= 11 is 3.70. The Morgan fingerprint density at radius 2 is 1.85 bits per heavy atom. The fraction of sp³-hybridized carbons (Fsp3) is 0.222. The van der Waals surface area contributed by atoms with Crippen LogP contribution in [0.25, 0.3) is 11.6 Å². The Labute approximate surface area is 129 Å². The number of hydrogen-bond donors (Lipinski definition) is 0. The van der Waals surface area contributed by atoms with Gasteiger partial charge in [-0.05, 0) is 66.6 Å². The molecule has 0 saturated heterocycles. The fourth-order valence-electron chi connectivity index (χ4n) is 2.53. The van der Waals surface area contributed by atoms with E-state index in [2.05, 4.69) is 62.6 Å². The molecule has 0 nitrogen and oxygen atoms in total. The van der Waals surface area contributed by atoms with Crippen molar-refractivity contribution in [3.8, 4) is 0 Å². The van der Waals surface area contributed by atoms with E-state index in [1.165, 1.54) is 36.9 Å². The minimum atomic E-state index is 1.07. The van der Waals surface area contributed by atoms with Crippen molar-refractivity contribution in [3.05, 3.63) is 53.1 Å². The van der Waals surface area contributed by atoms with Gasteiger partial charge < -0.3 is 0 Å². The van der Waals surface area contributed by atoms with Crippen LogP contribution in [0.15, 0.2) is 51.1 Å². The van der Waals surface area contributed by atoms with Gasteiger partial charge in [0.1, 0.15) is 0 Å². The van der Waals surface area contributed by atoms with Crippen LogP contribution in [-0.4, -0.2) is 6.26 Å². The number of aryl methyl sites for hydroxylation is 1. The molecule has 102 valence electrons. The maximum atomic E-state index is 2.37. The van der Waals surface area contributed by atoms with Gasteiger partial charge in [-0.15, -0.1) is 11.8 Å². The van der Waals surface area contributed by atoms with E-state index in [0.717, 1.165) is 6.42 Å². The molecule has 0 aromatic heterocycles. The van der Waals surface area contributed by atoms with E-state index in [-0.39, 0.29) is 0 Å². The van der Waals surface area contributed by atoms with E-state index >= 15 is 0 Å². The largest absolute Gasteiger partial charge is 0.130 e. The third kappa shape index (κ3) is 2.55. The van der Waals surface area contributed by atoms with Gasteiger partial charge in [0.15, 0.2) is 0 Å². The zero-order valence-electron chi connectivity index (χ0n) is 12.1. The summed E-state index contributed by atoms with van der Waals surface area (Å²) in [4.78, 5) is 4.07. The predicted molar refractivity (Wildman–Crippen MR) is 91.7 cm³/mol. The highest BCUT2D eigenvalue weighted by Gasteiger charge is 2.15. The number of fused-ring (bicyclic) bond motifs is 2. The van der Waals surface area contributed by atoms with E-state index in [4.69, 9.17) is 0 Å². The van der Waals surface area contributed by atoms with Gasteiger partial charge >= 0.3 is 0 Å². The lowest BCUT2D eigenvalue weighted by Crippen LogP contribution is -1.86. The Hall–Kier alpha value is -1.12. The van der Waals surface area contributed by atoms with Crippen LogP contribution in [0.5, 0.6) is 0 Å². The highest BCUT2D eigenvalue weighted by atomic mass is 32.2. The first kappa shape index (κ1) is 13.8. The molecule has 0 N–H and O–H groups in total. The van der Waals surface area contributed by atoms with Gasteiger partial charge in [-0.2, -0.15) is 0 Å². The number of rotatable bonds is 2. The lowest BCUT2D eigenvalue weighted by molar-refractivity contribution is 1.20. The van der Waals surface area contributed by atoms with Crippen LogP contribution < -0.4 is 0 Å². The summed E-state index contributed by atoms with van der Waals surface area (Å²) in [5.41, 5.74) is 5.52. The third-order valence-corrected chi connectivity index (χ3v) is 5.52. The number of allylic oxidation sites excluding steroid dienone is 1. The molecule has 2 aromatic rings. The van der Waals surface area contributed by atoms with Crippen LogP contribution in [0.2, 0.25) is 0 Å². The molecule has 0 unspecified atom stereocenters. The van der Waals surface area contributed by atoms with Crippen molar-refractivity contribution in [3.63, 3.8) is 0 Å². The standard InChI is InChI=1S/C18H18S2/c1-4-13-10-14-9-12(2)5-7-17(14)20-18-8-6-15(19-3)11-16(13)18/h5-11H,4H2,1-3H3. The summed E-state index contributed by atoms with van der Waals surface area (Å²) < 4.78 is 0. The molecular formula is C18H18S2. The molecule has 0 aliphatic carbocycles. The summed E-state index contributed by atoms with van der Waals surface area (Å²) in [6.45, 7) is 4.40. The van der Waals surface area contributed by atoms with Crippen molar-refractivity contribution in [1.82, 2.24) is 0 Å². The van der Waals surface area contributed by atoms with Crippen molar-refractivity contribution in [2.24, 2.45) is 0 Å². The average Bonchev–Trinajstić information content (AvgIpc) is 2.62. The third-order valence-electron chi connectivity index (χ3n) is 3.63. The molecule has 1 aliphatic rings. The quantitative estimate of drug-likeness (QED) is 0.611. The molecule has 0 amide bonds. The van der Waals surface area contributed by atoms with Crippen LogP contribution in [0.1, 0.15) is 30.0 Å². The highest BCUT2D eigenvalue weighted by molar-refractivity contribution is 7.99. The molecule has 0 radical (unpaired) electrons. The van der Waals surface area contributed by atoms with Gasteiger partial charge in [0.25, 0.3) is 0 Å². The van der Waals surface area contributed by atoms with E-state index in [1.807, 2.05) is 23.5 Å². The van der Waals surface area contributed by atoms with E-state index in [0.29, 0.717) is 0 Å². The minimum Gasteiger partial charge on any atom is -0.130 e. The van der Waals surface area contributed by atoms with Crippen molar-refractivity contribution in [2.45, 2.75) is 35.0 Å². The fourth-order valence-corrected chi connectivity index (χ4v) is 4.01. The first-order chi connectivity index (χ1) is 9.71. The summed E-state index contributed by atoms with van der Waals surface area (Å²) in [6.07, 6.45) is 5.57. The molecule has 0 atom stereocenters. The first-order valence-corrected chi connectivity index (χ1v) is 8.93. The average molecular weight is 298 g/mol. The van der Waals surface area contributed by atoms with Crippen LogP contribution in [0.3, 0.4) is 0 Å². The molecule has 1 aliphatic heterocycles. The Balaban J connectivity index is 2.20. The normalized spacial score (nSPS) is 13.2. The molecule has 1 heterocycles. The summed E-state index contributed by atoms with van der Waals surface area (Å²) in [5, 5.41) is 0. The van der Waals surface area contributed by atoms with Crippen LogP contribution in [0.4, 0.5) is 0 Å². The Bertz CT molecular complexity index is 684. The van der Waals surface area contributed by atoms with Gasteiger partial charge in [0, 0.05) is 14.7 Å². The van der Waals surface area contributed by atoms with Crippen LogP contribution in [-0.2, 0) is 0 Å². The SMILES string of the molecule is CCC1=Cc2cc(C)ccc2Sc2ccc(SC)cc21. The lowest BCUT2D eigenvalue weighted by Gasteiger charge is -2.10. The monoisotopic (exact) mass is 298 g/mol. The van der Waals surface area contributed by atoms with Crippen molar-refractivity contribution in [2.75, 3.05) is 6.26 Å². The second-order valence-corrected chi connectivity index (χ2v) is 6.99. The summed E-state index contributed by atoms with van der Waals surface area (Å²) in [6, 6.07) is 13.6. The van der Waals surface area contributed by atoms with Crippen molar-refractivity contribution < 1.29 is 0 Å². The topological polar surface area (TPSA) is 0 Å². The number of hydrogen-bond acceptors (Lipinski definition) is 2. The molecule has 0 saturated carbocycles. The maximum absolute atomic E-state index is 2.37. The molecule has 20 heavy (non-hydrogen) atoms. The summed E-state index contributed by atoms with van der Waals surface area (Å²) in [5.74, 6) is 0. The van der Waals surface area contributed by atoms with Gasteiger partial charge in [-0.25, -0.2) is 0 Å². The van der Waals surface area contributed by atoms with Crippen LogP contribution in [0, 0.1) is 6.92 Å². The maximum Gasteiger partial charge on any atom is 0.0198 e. The molecule has 0 spiro atoms. The minimum absolute atomic E-state index is 1.07. The first-order valence-electron chi connectivity index (χ1n) is 6.88. The Morgan fingerprint density at radius 3 is 2.60 bits per heavy atom. The van der Waals surface area contributed by atoms with E-state index < -0.39 is 0 Å². The van der Waals surface area contributed by atoms with Crippen molar-refractivity contribution in [1.29, 1.82) is 0 Å². The zero-order chi connectivity index (χ0) is 14.1. The second-order valence-electron chi connectivity index (χ2n) is 5.03. The zero-order valence-corrected chi connectivity index (χ0v) is 13.7. The summed E-state index contributed by atoms with van der Waals surface area (Å²) in [7, 11) is 0. The molecular weight excluding hydrogens is 280 g/mol. The highest BCUT2D eigenvalue weighted by Crippen LogP contribution is 2.42. The molecule has 0 fully saturated rings. The number of benzene rings is 2. The molecule has 2 aromatic carbocycles. The van der Waals surface area contributed by atoms with Gasteiger partial charge in [-0.3, -0.25) is 0 Å². The van der Waals surface area contributed by atoms with E-state index in [1.54, 1.807) is 0 Å². The van der Waals surface area contributed by atoms with Crippen LogP contribution >= 0.6 is 23.5 Å². The second kappa shape index (κ2) is 5.71. The molecule has 0 bridgehead atoms. The van der Waals surface area contributed by atoms with Gasteiger partial charge in [0.05, 0.1) is 0 Å². The Kier molecular flexibility index (Phi) is 3.95. The van der Waals surface area contributed by atoms with Gasteiger partial charge in [0.2, 0.25) is 0 Å². The lowest BCUT2D eigenvalue weighted by atomic mass is 10.00. The smallest absolute Gasteiger partial charge is 0.0198 e. The molecule has 2 heteroatoms. The Morgan fingerprint density at radius 1 is 1.05 bits per heavy atom. The predicted octanol–water partition coefficient (Wildman–Crippen LogP) is 6.13.